The lowest BCUT2D eigenvalue weighted by Crippen LogP contribution is -2.38. The summed E-state index contributed by atoms with van der Waals surface area (Å²) in [7, 11) is 0. The number of unbranched alkanes of at least 4 members (excludes halogenated alkanes) is 1. The molecule has 0 bridgehead atoms. The van der Waals surface area contributed by atoms with Crippen molar-refractivity contribution in [3.63, 3.8) is 0 Å². The lowest BCUT2D eigenvalue weighted by Gasteiger charge is -2.28. The van der Waals surface area contributed by atoms with Gasteiger partial charge in [0.1, 0.15) is 0 Å². The molecule has 0 spiro atoms. The molecule has 1 heterocycles. The van der Waals surface area contributed by atoms with Gasteiger partial charge in [0.05, 0.1) is 16.3 Å². The van der Waals surface area contributed by atoms with Crippen LogP contribution in [-0.4, -0.2) is 29.9 Å². The van der Waals surface area contributed by atoms with Crippen LogP contribution in [0.4, 0.5) is 0 Å². The number of carbonyl (C=O) groups excluding carboxylic acids is 1. The summed E-state index contributed by atoms with van der Waals surface area (Å²) in [5, 5.41) is 0. The first-order valence-electron chi connectivity index (χ1n) is 7.65. The molecule has 0 aliphatic heterocycles. The van der Waals surface area contributed by atoms with Gasteiger partial charge in [-0.05, 0) is 38.3 Å². The zero-order valence-corrected chi connectivity index (χ0v) is 14.3. The molecule has 0 aliphatic rings. The number of hydrogen-bond donors (Lipinski definition) is 1. The smallest absolute Gasteiger partial charge is 0.264 e. The minimum Gasteiger partial charge on any atom is -0.335 e. The molecule has 4 heteroatoms. The molecule has 0 radical (unpaired) electrons. The van der Waals surface area contributed by atoms with Crippen LogP contribution >= 0.6 is 11.3 Å². The first-order chi connectivity index (χ1) is 10.0. The summed E-state index contributed by atoms with van der Waals surface area (Å²) in [5.74, 6) is 6.04. The molecular formula is C17H26N2OS. The minimum atomic E-state index is 0.131. The van der Waals surface area contributed by atoms with Crippen LogP contribution in [0.5, 0.6) is 0 Å². The Bertz CT molecular complexity index is 525. The van der Waals surface area contributed by atoms with E-state index in [1.165, 1.54) is 11.3 Å². The van der Waals surface area contributed by atoms with Gasteiger partial charge in [-0.15, -0.1) is 11.3 Å². The number of rotatable bonds is 6. The van der Waals surface area contributed by atoms with Crippen LogP contribution in [-0.2, 0) is 0 Å². The lowest BCUT2D eigenvalue weighted by atomic mass is 10.1. The van der Waals surface area contributed by atoms with Crippen LogP contribution < -0.4 is 5.73 Å². The topological polar surface area (TPSA) is 46.3 Å². The fraction of sp³-hybridized carbons (Fsp3) is 0.588. The molecule has 1 amide bonds. The Kier molecular flexibility index (Phi) is 7.49. The molecule has 21 heavy (non-hydrogen) atoms. The van der Waals surface area contributed by atoms with Gasteiger partial charge in [-0.1, -0.05) is 32.1 Å². The number of nitrogens with two attached hydrogens (primary N) is 1. The maximum Gasteiger partial charge on any atom is 0.264 e. The van der Waals surface area contributed by atoms with Crippen LogP contribution in [0.1, 0.15) is 60.1 Å². The minimum absolute atomic E-state index is 0.131. The predicted molar refractivity (Wildman–Crippen MR) is 90.7 cm³/mol. The fourth-order valence-corrected chi connectivity index (χ4v) is 3.06. The summed E-state index contributed by atoms with van der Waals surface area (Å²) in [4.78, 5) is 16.5. The second-order valence-corrected chi connectivity index (χ2v) is 6.29. The van der Waals surface area contributed by atoms with Crippen molar-refractivity contribution >= 4 is 17.2 Å². The first kappa shape index (κ1) is 17.7. The second-order valence-electron chi connectivity index (χ2n) is 5.24. The SMILES string of the molecule is CCCCN(C(=O)c1cc(C)c(C#CCN)s1)C(C)CC. The molecule has 3 nitrogen and oxygen atoms in total. The molecule has 116 valence electrons. The Labute approximate surface area is 132 Å². The van der Waals surface area contributed by atoms with Gasteiger partial charge in [-0.25, -0.2) is 0 Å². The maximum absolute atomic E-state index is 12.8. The van der Waals surface area contributed by atoms with Crippen LogP contribution in [0, 0.1) is 18.8 Å². The highest BCUT2D eigenvalue weighted by Crippen LogP contribution is 2.23. The lowest BCUT2D eigenvalue weighted by molar-refractivity contribution is 0.0690. The first-order valence-corrected chi connectivity index (χ1v) is 8.47. The van der Waals surface area contributed by atoms with Gasteiger partial charge in [-0.2, -0.15) is 0 Å². The van der Waals surface area contributed by atoms with Crippen molar-refractivity contribution in [2.45, 2.75) is 53.0 Å². The van der Waals surface area contributed by atoms with Gasteiger partial charge >= 0.3 is 0 Å². The second kappa shape index (κ2) is 8.86. The summed E-state index contributed by atoms with van der Waals surface area (Å²) in [6, 6.07) is 2.22. The zero-order chi connectivity index (χ0) is 15.8. The molecule has 1 aromatic rings. The molecule has 0 aliphatic carbocycles. The van der Waals surface area contributed by atoms with Crippen LogP contribution in [0.15, 0.2) is 6.07 Å². The van der Waals surface area contributed by atoms with Crippen molar-refractivity contribution in [3.8, 4) is 11.8 Å². The molecule has 1 aromatic heterocycles. The molecule has 1 unspecified atom stereocenters. The van der Waals surface area contributed by atoms with E-state index in [0.29, 0.717) is 6.54 Å². The quantitative estimate of drug-likeness (QED) is 0.819. The highest BCUT2D eigenvalue weighted by atomic mass is 32.1. The van der Waals surface area contributed by atoms with Crippen LogP contribution in [0.2, 0.25) is 0 Å². The molecule has 1 rings (SSSR count). The van der Waals surface area contributed by atoms with Crippen molar-refractivity contribution in [1.82, 2.24) is 4.90 Å². The number of thiophene rings is 1. The Morgan fingerprint density at radius 2 is 2.19 bits per heavy atom. The molecule has 0 fully saturated rings. The standard InChI is InChI=1S/C17H26N2OS/c1-5-7-11-19(14(4)6-2)17(20)16-12-13(3)15(21-16)9-8-10-18/h12,14H,5-7,10-11,18H2,1-4H3. The van der Waals surface area contributed by atoms with Crippen molar-refractivity contribution < 1.29 is 4.79 Å². The third-order valence-electron chi connectivity index (χ3n) is 3.57. The predicted octanol–water partition coefficient (Wildman–Crippen LogP) is 3.41. The molecule has 2 N–H and O–H groups in total. The Morgan fingerprint density at radius 1 is 1.48 bits per heavy atom. The fourth-order valence-electron chi connectivity index (χ4n) is 2.06. The van der Waals surface area contributed by atoms with Gasteiger partial charge < -0.3 is 10.6 Å². The Balaban J connectivity index is 2.98. The summed E-state index contributed by atoms with van der Waals surface area (Å²) >= 11 is 1.48. The average Bonchev–Trinajstić information content (AvgIpc) is 2.86. The third kappa shape index (κ3) is 4.87. The highest BCUT2D eigenvalue weighted by molar-refractivity contribution is 7.14. The van der Waals surface area contributed by atoms with E-state index in [9.17, 15) is 4.79 Å². The Hall–Kier alpha value is -1.31. The normalized spacial score (nSPS) is 11.7. The Morgan fingerprint density at radius 3 is 2.76 bits per heavy atom. The monoisotopic (exact) mass is 306 g/mol. The van der Waals surface area contributed by atoms with Crippen molar-refractivity contribution in [2.75, 3.05) is 13.1 Å². The molecule has 0 aromatic carbocycles. The van der Waals surface area contributed by atoms with E-state index in [-0.39, 0.29) is 11.9 Å². The van der Waals surface area contributed by atoms with E-state index in [4.69, 9.17) is 5.73 Å². The van der Waals surface area contributed by atoms with E-state index < -0.39 is 0 Å². The molecule has 1 atom stereocenters. The number of aryl methyl sites for hydroxylation is 1. The van der Waals surface area contributed by atoms with E-state index in [1.807, 2.05) is 17.9 Å². The molecule has 0 saturated carbocycles. The largest absolute Gasteiger partial charge is 0.335 e. The molecular weight excluding hydrogens is 280 g/mol. The van der Waals surface area contributed by atoms with Gasteiger partial charge in [0.25, 0.3) is 5.91 Å². The highest BCUT2D eigenvalue weighted by Gasteiger charge is 2.22. The van der Waals surface area contributed by atoms with E-state index in [0.717, 1.165) is 41.1 Å². The third-order valence-corrected chi connectivity index (χ3v) is 4.71. The van der Waals surface area contributed by atoms with Gasteiger partial charge in [0.2, 0.25) is 0 Å². The van der Waals surface area contributed by atoms with Gasteiger partial charge in [-0.3, -0.25) is 4.79 Å². The van der Waals surface area contributed by atoms with Crippen molar-refractivity contribution in [1.29, 1.82) is 0 Å². The van der Waals surface area contributed by atoms with Crippen LogP contribution in [0.3, 0.4) is 0 Å². The molecule has 0 saturated heterocycles. The summed E-state index contributed by atoms with van der Waals surface area (Å²) < 4.78 is 0. The summed E-state index contributed by atoms with van der Waals surface area (Å²) in [6.45, 7) is 9.54. The van der Waals surface area contributed by atoms with Crippen molar-refractivity contribution in [2.24, 2.45) is 5.73 Å². The van der Waals surface area contributed by atoms with E-state index in [1.54, 1.807) is 0 Å². The number of carbonyl (C=O) groups is 1. The van der Waals surface area contributed by atoms with E-state index >= 15 is 0 Å². The zero-order valence-electron chi connectivity index (χ0n) is 13.5. The van der Waals surface area contributed by atoms with Crippen molar-refractivity contribution in [3.05, 3.63) is 21.4 Å². The maximum atomic E-state index is 12.8. The van der Waals surface area contributed by atoms with Gasteiger partial charge in [0.15, 0.2) is 0 Å². The number of nitrogens with zero attached hydrogens (tertiary/aromatic N) is 1. The number of amides is 1. The number of hydrogen-bond acceptors (Lipinski definition) is 3. The summed E-state index contributed by atoms with van der Waals surface area (Å²) in [5.41, 5.74) is 6.47. The van der Waals surface area contributed by atoms with Crippen LogP contribution in [0.25, 0.3) is 0 Å². The van der Waals surface area contributed by atoms with E-state index in [2.05, 4.69) is 32.6 Å². The summed E-state index contributed by atoms with van der Waals surface area (Å²) in [6.07, 6.45) is 3.11. The average molecular weight is 306 g/mol. The van der Waals surface area contributed by atoms with Gasteiger partial charge in [0, 0.05) is 12.6 Å².